The molecule has 0 amide bonds. The molecule has 2 unspecified atom stereocenters. The van der Waals surface area contributed by atoms with Crippen molar-refractivity contribution in [3.8, 4) is 11.1 Å². The molecule has 3 aromatic rings. The van der Waals surface area contributed by atoms with Gasteiger partial charge in [-0.25, -0.2) is 4.79 Å². The van der Waals surface area contributed by atoms with Gasteiger partial charge in [0.2, 0.25) is 0 Å². The van der Waals surface area contributed by atoms with Crippen LogP contribution in [0.3, 0.4) is 0 Å². The number of aliphatic carboxylic acids is 1. The highest BCUT2D eigenvalue weighted by atomic mass is 16.4. The number of benzene rings is 2. The van der Waals surface area contributed by atoms with Gasteiger partial charge in [-0.2, -0.15) is 5.10 Å². The highest BCUT2D eigenvalue weighted by molar-refractivity contribution is 5.78. The Morgan fingerprint density at radius 1 is 1.12 bits per heavy atom. The fraction of sp³-hybridized carbons (Fsp3) is 0.273. The molecule has 1 heterocycles. The highest BCUT2D eigenvalue weighted by Gasteiger charge is 2.44. The van der Waals surface area contributed by atoms with Crippen LogP contribution >= 0.6 is 0 Å². The Balaban J connectivity index is 1.79. The van der Waals surface area contributed by atoms with E-state index >= 15 is 0 Å². The molecule has 0 fully saturated rings. The summed E-state index contributed by atoms with van der Waals surface area (Å²) in [5.74, 6) is -0.472. The molecule has 132 valence electrons. The van der Waals surface area contributed by atoms with E-state index in [4.69, 9.17) is 0 Å². The van der Waals surface area contributed by atoms with Gasteiger partial charge in [0.1, 0.15) is 0 Å². The first-order valence-corrected chi connectivity index (χ1v) is 9.02. The smallest absolute Gasteiger partial charge is 0.331 e. The van der Waals surface area contributed by atoms with E-state index in [1.54, 1.807) is 10.9 Å². The van der Waals surface area contributed by atoms with Gasteiger partial charge in [0.15, 0.2) is 5.54 Å². The highest BCUT2D eigenvalue weighted by Crippen LogP contribution is 2.39. The van der Waals surface area contributed by atoms with Gasteiger partial charge in [-0.05, 0) is 35.4 Å². The first-order valence-electron chi connectivity index (χ1n) is 9.02. The third-order valence-corrected chi connectivity index (χ3v) is 5.59. The van der Waals surface area contributed by atoms with Crippen LogP contribution in [0.2, 0.25) is 0 Å². The standard InChI is InChI=1S/C22H22N2O2/c1-16-11-12-22(21(25)26,13-18-9-5-6-10-20(16)18)24-15-19(14-23-24)17-7-3-2-4-8-17/h2-10,14-16H,11-13H2,1H3,(H,25,26). The zero-order valence-corrected chi connectivity index (χ0v) is 14.8. The summed E-state index contributed by atoms with van der Waals surface area (Å²) >= 11 is 0. The molecule has 4 nitrogen and oxygen atoms in total. The van der Waals surface area contributed by atoms with E-state index in [0.29, 0.717) is 18.8 Å². The molecular weight excluding hydrogens is 324 g/mol. The molecule has 1 N–H and O–H groups in total. The number of hydrogen-bond acceptors (Lipinski definition) is 2. The normalized spacial score (nSPS) is 22.4. The summed E-state index contributed by atoms with van der Waals surface area (Å²) in [4.78, 5) is 12.4. The molecule has 0 aliphatic heterocycles. The van der Waals surface area contributed by atoms with Crippen LogP contribution in [0, 0.1) is 0 Å². The summed E-state index contributed by atoms with van der Waals surface area (Å²) in [6.45, 7) is 2.18. The molecule has 4 rings (SSSR count). The van der Waals surface area contributed by atoms with E-state index < -0.39 is 11.5 Å². The van der Waals surface area contributed by atoms with Gasteiger partial charge < -0.3 is 5.11 Å². The Bertz CT molecular complexity index is 932. The van der Waals surface area contributed by atoms with Crippen LogP contribution in [-0.2, 0) is 16.8 Å². The summed E-state index contributed by atoms with van der Waals surface area (Å²) in [5, 5.41) is 14.7. The predicted molar refractivity (Wildman–Crippen MR) is 101 cm³/mol. The minimum atomic E-state index is -1.05. The maximum Gasteiger partial charge on any atom is 0.331 e. The second-order valence-electron chi connectivity index (χ2n) is 7.19. The maximum atomic E-state index is 12.4. The van der Waals surface area contributed by atoms with Crippen LogP contribution in [0.1, 0.15) is 36.8 Å². The van der Waals surface area contributed by atoms with Crippen molar-refractivity contribution < 1.29 is 9.90 Å². The predicted octanol–water partition coefficient (Wildman–Crippen LogP) is 4.47. The maximum absolute atomic E-state index is 12.4. The van der Waals surface area contributed by atoms with Gasteiger partial charge in [0.25, 0.3) is 0 Å². The SMILES string of the molecule is CC1CCC(C(=O)O)(n2cc(-c3ccccc3)cn2)Cc2ccccc21. The van der Waals surface area contributed by atoms with Gasteiger partial charge in [0.05, 0.1) is 6.20 Å². The van der Waals surface area contributed by atoms with Crippen molar-refractivity contribution in [1.29, 1.82) is 0 Å². The van der Waals surface area contributed by atoms with E-state index in [9.17, 15) is 9.90 Å². The van der Waals surface area contributed by atoms with Crippen LogP contribution < -0.4 is 0 Å². The lowest BCUT2D eigenvalue weighted by atomic mass is 9.88. The van der Waals surface area contributed by atoms with Gasteiger partial charge in [-0.3, -0.25) is 4.68 Å². The Morgan fingerprint density at radius 2 is 1.85 bits per heavy atom. The average Bonchev–Trinajstić information content (AvgIpc) is 3.10. The van der Waals surface area contributed by atoms with E-state index in [2.05, 4.69) is 24.2 Å². The Kier molecular flexibility index (Phi) is 4.11. The van der Waals surface area contributed by atoms with Gasteiger partial charge in [-0.1, -0.05) is 61.5 Å². The van der Waals surface area contributed by atoms with Crippen molar-refractivity contribution in [2.75, 3.05) is 0 Å². The number of nitrogens with zero attached hydrogens (tertiary/aromatic N) is 2. The fourth-order valence-electron chi connectivity index (χ4n) is 4.00. The van der Waals surface area contributed by atoms with E-state index in [1.807, 2.05) is 48.7 Å². The number of carbonyl (C=O) groups is 1. The summed E-state index contributed by atoms with van der Waals surface area (Å²) < 4.78 is 1.67. The molecule has 1 aromatic heterocycles. The average molecular weight is 346 g/mol. The molecule has 0 spiro atoms. The lowest BCUT2D eigenvalue weighted by Crippen LogP contribution is -2.44. The molecule has 26 heavy (non-hydrogen) atoms. The molecular formula is C22H22N2O2. The summed E-state index contributed by atoms with van der Waals surface area (Å²) in [6.07, 6.45) is 5.49. The van der Waals surface area contributed by atoms with Crippen molar-refractivity contribution in [2.24, 2.45) is 0 Å². The number of rotatable bonds is 3. The molecule has 4 heteroatoms. The summed E-state index contributed by atoms with van der Waals surface area (Å²) in [5.41, 5.74) is 3.30. The molecule has 1 aliphatic carbocycles. The van der Waals surface area contributed by atoms with Crippen LogP contribution in [-0.4, -0.2) is 20.9 Å². The molecule has 0 bridgehead atoms. The number of fused-ring (bicyclic) bond motifs is 1. The minimum absolute atomic E-state index is 0.344. The summed E-state index contributed by atoms with van der Waals surface area (Å²) in [6, 6.07) is 18.1. The van der Waals surface area contributed by atoms with Crippen molar-refractivity contribution in [1.82, 2.24) is 9.78 Å². The lowest BCUT2D eigenvalue weighted by Gasteiger charge is -2.29. The molecule has 0 saturated heterocycles. The van der Waals surface area contributed by atoms with Gasteiger partial charge in [0, 0.05) is 18.2 Å². The van der Waals surface area contributed by atoms with Crippen LogP contribution in [0.25, 0.3) is 11.1 Å². The second-order valence-corrected chi connectivity index (χ2v) is 7.19. The first-order chi connectivity index (χ1) is 12.6. The summed E-state index contributed by atoms with van der Waals surface area (Å²) in [7, 11) is 0. The molecule has 2 atom stereocenters. The van der Waals surface area contributed by atoms with Crippen LogP contribution in [0.15, 0.2) is 67.0 Å². The van der Waals surface area contributed by atoms with E-state index in [-0.39, 0.29) is 0 Å². The second kappa shape index (κ2) is 6.45. The van der Waals surface area contributed by atoms with Crippen LogP contribution in [0.4, 0.5) is 0 Å². The number of hydrogen-bond donors (Lipinski definition) is 1. The van der Waals surface area contributed by atoms with E-state index in [1.165, 1.54) is 5.56 Å². The van der Waals surface area contributed by atoms with Crippen molar-refractivity contribution in [3.05, 3.63) is 78.1 Å². The van der Waals surface area contributed by atoms with Crippen molar-refractivity contribution in [2.45, 2.75) is 37.6 Å². The third kappa shape index (κ3) is 2.71. The van der Waals surface area contributed by atoms with Crippen LogP contribution in [0.5, 0.6) is 0 Å². The molecule has 0 saturated carbocycles. The Morgan fingerprint density at radius 3 is 2.62 bits per heavy atom. The third-order valence-electron chi connectivity index (χ3n) is 5.59. The van der Waals surface area contributed by atoms with Gasteiger partial charge >= 0.3 is 5.97 Å². The lowest BCUT2D eigenvalue weighted by molar-refractivity contribution is -0.148. The van der Waals surface area contributed by atoms with Gasteiger partial charge in [-0.15, -0.1) is 0 Å². The number of carboxylic acids is 1. The molecule has 2 aromatic carbocycles. The zero-order chi connectivity index (χ0) is 18.1. The number of carboxylic acid groups (broad SMARTS) is 1. The first kappa shape index (κ1) is 16.6. The van der Waals surface area contributed by atoms with Crippen molar-refractivity contribution >= 4 is 5.97 Å². The Labute approximate surface area is 153 Å². The fourth-order valence-corrected chi connectivity index (χ4v) is 4.00. The topological polar surface area (TPSA) is 55.1 Å². The van der Waals surface area contributed by atoms with E-state index in [0.717, 1.165) is 23.1 Å². The van der Waals surface area contributed by atoms with Crippen molar-refractivity contribution in [3.63, 3.8) is 0 Å². The number of aromatic nitrogens is 2. The molecule has 1 aliphatic rings. The monoisotopic (exact) mass is 346 g/mol. The Hall–Kier alpha value is -2.88. The molecule has 0 radical (unpaired) electrons. The minimum Gasteiger partial charge on any atom is -0.479 e. The quantitative estimate of drug-likeness (QED) is 0.712. The zero-order valence-electron chi connectivity index (χ0n) is 14.8. The largest absolute Gasteiger partial charge is 0.479 e.